The number of carbonyl (C=O) groups is 1. The molecule has 0 aliphatic heterocycles. The molecule has 2 amide bonds. The summed E-state index contributed by atoms with van der Waals surface area (Å²) in [5.74, 6) is 0.796. The van der Waals surface area contributed by atoms with Gasteiger partial charge in [-0.1, -0.05) is 25.0 Å². The molecule has 0 unspecified atom stereocenters. The number of carbonyl (C=O) groups excluding carboxylic acids is 1. The third-order valence-corrected chi connectivity index (χ3v) is 4.87. The van der Waals surface area contributed by atoms with E-state index in [9.17, 15) is 9.18 Å². The van der Waals surface area contributed by atoms with E-state index in [4.69, 9.17) is 0 Å². The van der Waals surface area contributed by atoms with Crippen LogP contribution in [-0.4, -0.2) is 20.8 Å². The Hall–Kier alpha value is -2.44. The summed E-state index contributed by atoms with van der Waals surface area (Å²) in [6, 6.07) is 5.77. The van der Waals surface area contributed by atoms with Gasteiger partial charge >= 0.3 is 6.03 Å². The summed E-state index contributed by atoms with van der Waals surface area (Å²) in [7, 11) is 1.84. The molecule has 0 spiro atoms. The maximum absolute atomic E-state index is 13.2. The first-order chi connectivity index (χ1) is 12.0. The normalized spacial score (nSPS) is 17.2. The standard InChI is InChI=1S/C18H24FN5O/c1-12(17-23-20-11-24(17)2)21-18(25)22-16(13-5-3-4-6-13)14-7-9-15(19)10-8-14/h7-13,16H,3-6H2,1-2H3,(H2,21,22,25)/t12-,16-/m0/s1. The van der Waals surface area contributed by atoms with Crippen molar-refractivity contribution in [3.63, 3.8) is 0 Å². The lowest BCUT2D eigenvalue weighted by Crippen LogP contribution is -2.41. The molecule has 1 aliphatic carbocycles. The predicted octanol–water partition coefficient (Wildman–Crippen LogP) is 3.25. The highest BCUT2D eigenvalue weighted by Crippen LogP contribution is 2.35. The zero-order chi connectivity index (χ0) is 17.8. The minimum absolute atomic E-state index is 0.116. The number of nitrogens with one attached hydrogen (secondary N) is 2. The molecule has 2 atom stereocenters. The number of rotatable bonds is 5. The lowest BCUT2D eigenvalue weighted by Gasteiger charge is -2.26. The van der Waals surface area contributed by atoms with E-state index in [-0.39, 0.29) is 23.9 Å². The van der Waals surface area contributed by atoms with Crippen LogP contribution in [0.5, 0.6) is 0 Å². The lowest BCUT2D eigenvalue weighted by molar-refractivity contribution is 0.227. The Morgan fingerprint density at radius 2 is 1.92 bits per heavy atom. The summed E-state index contributed by atoms with van der Waals surface area (Å²) in [4.78, 5) is 12.5. The van der Waals surface area contributed by atoms with Crippen LogP contribution in [0, 0.1) is 11.7 Å². The van der Waals surface area contributed by atoms with Gasteiger partial charge in [0.1, 0.15) is 12.1 Å². The van der Waals surface area contributed by atoms with Gasteiger partial charge in [0.25, 0.3) is 0 Å². The molecule has 0 saturated heterocycles. The quantitative estimate of drug-likeness (QED) is 0.874. The number of halogens is 1. The average molecular weight is 345 g/mol. The van der Waals surface area contributed by atoms with E-state index in [0.29, 0.717) is 11.7 Å². The highest BCUT2D eigenvalue weighted by atomic mass is 19.1. The van der Waals surface area contributed by atoms with Crippen LogP contribution in [0.3, 0.4) is 0 Å². The van der Waals surface area contributed by atoms with Crippen molar-refractivity contribution in [2.24, 2.45) is 13.0 Å². The number of aromatic nitrogens is 3. The molecule has 25 heavy (non-hydrogen) atoms. The lowest BCUT2D eigenvalue weighted by atomic mass is 9.91. The van der Waals surface area contributed by atoms with E-state index in [1.54, 1.807) is 23.0 Å². The van der Waals surface area contributed by atoms with Crippen LogP contribution < -0.4 is 10.6 Å². The second-order valence-corrected chi connectivity index (χ2v) is 6.71. The number of hydrogen-bond acceptors (Lipinski definition) is 3. The van der Waals surface area contributed by atoms with Gasteiger partial charge in [-0.25, -0.2) is 9.18 Å². The molecule has 1 aromatic heterocycles. The van der Waals surface area contributed by atoms with Crippen molar-refractivity contribution in [2.75, 3.05) is 0 Å². The summed E-state index contributed by atoms with van der Waals surface area (Å²) in [5.41, 5.74) is 0.940. The largest absolute Gasteiger partial charge is 0.331 e. The van der Waals surface area contributed by atoms with Crippen LogP contribution in [0.4, 0.5) is 9.18 Å². The van der Waals surface area contributed by atoms with Crippen molar-refractivity contribution in [2.45, 2.75) is 44.7 Å². The molecule has 7 heteroatoms. The van der Waals surface area contributed by atoms with Crippen molar-refractivity contribution in [3.8, 4) is 0 Å². The number of amides is 2. The molecule has 0 bridgehead atoms. The summed E-state index contributed by atoms with van der Waals surface area (Å²) in [5, 5.41) is 13.8. The number of benzene rings is 1. The number of urea groups is 1. The van der Waals surface area contributed by atoms with Crippen LogP contribution in [0.15, 0.2) is 30.6 Å². The smallest absolute Gasteiger partial charge is 0.315 e. The van der Waals surface area contributed by atoms with Gasteiger partial charge in [0, 0.05) is 7.05 Å². The van der Waals surface area contributed by atoms with Crippen molar-refractivity contribution in [3.05, 3.63) is 47.8 Å². The minimum atomic E-state index is -0.269. The maximum Gasteiger partial charge on any atom is 0.315 e. The molecule has 2 aromatic rings. The fraction of sp³-hybridized carbons (Fsp3) is 0.500. The van der Waals surface area contributed by atoms with Gasteiger partial charge in [-0.05, 0) is 43.4 Å². The molecular formula is C18H24FN5O. The topological polar surface area (TPSA) is 71.8 Å². The summed E-state index contributed by atoms with van der Waals surface area (Å²) >= 11 is 0. The molecular weight excluding hydrogens is 321 g/mol. The van der Waals surface area contributed by atoms with E-state index in [0.717, 1.165) is 18.4 Å². The first-order valence-electron chi connectivity index (χ1n) is 8.71. The van der Waals surface area contributed by atoms with E-state index < -0.39 is 0 Å². The summed E-state index contributed by atoms with van der Waals surface area (Å²) < 4.78 is 15.0. The highest BCUT2D eigenvalue weighted by Gasteiger charge is 2.28. The van der Waals surface area contributed by atoms with E-state index in [1.807, 2.05) is 14.0 Å². The second kappa shape index (κ2) is 7.63. The zero-order valence-electron chi connectivity index (χ0n) is 14.6. The van der Waals surface area contributed by atoms with Gasteiger partial charge in [0.05, 0.1) is 12.1 Å². The Morgan fingerprint density at radius 3 is 2.52 bits per heavy atom. The molecule has 1 heterocycles. The third-order valence-electron chi connectivity index (χ3n) is 4.87. The second-order valence-electron chi connectivity index (χ2n) is 6.71. The minimum Gasteiger partial charge on any atom is -0.331 e. The van der Waals surface area contributed by atoms with Crippen LogP contribution in [0.2, 0.25) is 0 Å². The fourth-order valence-electron chi connectivity index (χ4n) is 3.56. The molecule has 1 fully saturated rings. The van der Waals surface area contributed by atoms with Gasteiger partial charge in [-0.3, -0.25) is 0 Å². The van der Waals surface area contributed by atoms with Crippen LogP contribution in [-0.2, 0) is 7.05 Å². The summed E-state index contributed by atoms with van der Waals surface area (Å²) in [6.45, 7) is 1.87. The third kappa shape index (κ3) is 4.15. The maximum atomic E-state index is 13.2. The Kier molecular flexibility index (Phi) is 5.31. The van der Waals surface area contributed by atoms with Gasteiger partial charge in [-0.2, -0.15) is 0 Å². The van der Waals surface area contributed by atoms with E-state index in [1.165, 1.54) is 25.0 Å². The van der Waals surface area contributed by atoms with Crippen LogP contribution in [0.25, 0.3) is 0 Å². The molecule has 3 rings (SSSR count). The van der Waals surface area contributed by atoms with Crippen molar-refractivity contribution < 1.29 is 9.18 Å². The van der Waals surface area contributed by atoms with Gasteiger partial charge in [0.2, 0.25) is 0 Å². The van der Waals surface area contributed by atoms with Crippen molar-refractivity contribution in [1.29, 1.82) is 0 Å². The van der Waals surface area contributed by atoms with E-state index in [2.05, 4.69) is 20.8 Å². The van der Waals surface area contributed by atoms with Gasteiger partial charge in [-0.15, -0.1) is 10.2 Å². The monoisotopic (exact) mass is 345 g/mol. The molecule has 1 aliphatic rings. The fourth-order valence-corrected chi connectivity index (χ4v) is 3.56. The Bertz CT molecular complexity index is 709. The van der Waals surface area contributed by atoms with Gasteiger partial charge in [0.15, 0.2) is 5.82 Å². The Balaban J connectivity index is 1.70. The predicted molar refractivity (Wildman–Crippen MR) is 92.2 cm³/mol. The molecule has 1 aromatic carbocycles. The Labute approximate surface area is 146 Å². The molecule has 134 valence electrons. The first kappa shape index (κ1) is 17.4. The average Bonchev–Trinajstić information content (AvgIpc) is 3.25. The van der Waals surface area contributed by atoms with Crippen LogP contribution in [0.1, 0.15) is 56.1 Å². The van der Waals surface area contributed by atoms with Crippen molar-refractivity contribution >= 4 is 6.03 Å². The van der Waals surface area contributed by atoms with Crippen molar-refractivity contribution in [1.82, 2.24) is 25.4 Å². The molecule has 0 radical (unpaired) electrons. The number of nitrogens with zero attached hydrogens (tertiary/aromatic N) is 3. The summed E-state index contributed by atoms with van der Waals surface area (Å²) in [6.07, 6.45) is 6.08. The van der Waals surface area contributed by atoms with Gasteiger partial charge < -0.3 is 15.2 Å². The Morgan fingerprint density at radius 1 is 1.24 bits per heavy atom. The highest BCUT2D eigenvalue weighted by molar-refractivity contribution is 5.74. The SMILES string of the molecule is C[C@H](NC(=O)N[C@H](c1ccc(F)cc1)C1CCCC1)c1nncn1C. The molecule has 1 saturated carbocycles. The van der Waals surface area contributed by atoms with Crippen LogP contribution >= 0.6 is 0 Å². The number of aryl methyl sites for hydroxylation is 1. The molecule has 2 N–H and O–H groups in total. The van der Waals surface area contributed by atoms with E-state index >= 15 is 0 Å². The zero-order valence-corrected chi connectivity index (χ0v) is 14.6. The first-order valence-corrected chi connectivity index (χ1v) is 8.71. The molecule has 6 nitrogen and oxygen atoms in total. The number of hydrogen-bond donors (Lipinski definition) is 2.